The number of hydrogen-bond acceptors (Lipinski definition) is 2. The molecule has 3 aromatic rings. The quantitative estimate of drug-likeness (QED) is 0.303. The maximum absolute atomic E-state index is 13.3. The van der Waals surface area contributed by atoms with Crippen LogP contribution in [0.5, 0.6) is 0 Å². The summed E-state index contributed by atoms with van der Waals surface area (Å²) < 4.78 is 80.1. The molecule has 0 heterocycles. The van der Waals surface area contributed by atoms with Gasteiger partial charge in [-0.05, 0) is 53.8 Å². The summed E-state index contributed by atoms with van der Waals surface area (Å²) >= 11 is 0. The van der Waals surface area contributed by atoms with Gasteiger partial charge in [0, 0.05) is 31.6 Å². The van der Waals surface area contributed by atoms with Crippen LogP contribution < -0.4 is 5.32 Å². The number of amides is 2. The van der Waals surface area contributed by atoms with Crippen molar-refractivity contribution in [2.45, 2.75) is 51.0 Å². The van der Waals surface area contributed by atoms with Crippen molar-refractivity contribution in [2.24, 2.45) is 0 Å². The SMILES string of the molecule is CCCNC(=O)CCC(Cc1ccc2ccccc2c1)N(C)C(=O)c1cc(C(F)(F)F)cc(C(F)(F)F)c1. The fraction of sp³-hybridized carbons (Fsp3) is 0.357. The minimum absolute atomic E-state index is 0.0125. The number of carbonyl (C=O) groups is 2. The molecule has 0 spiro atoms. The van der Waals surface area contributed by atoms with Crippen LogP contribution in [0, 0.1) is 0 Å². The summed E-state index contributed by atoms with van der Waals surface area (Å²) in [6.07, 6.45) is -8.98. The van der Waals surface area contributed by atoms with Crippen molar-refractivity contribution >= 4 is 22.6 Å². The van der Waals surface area contributed by atoms with Crippen molar-refractivity contribution in [3.63, 3.8) is 0 Å². The number of nitrogens with zero attached hydrogens (tertiary/aromatic N) is 1. The summed E-state index contributed by atoms with van der Waals surface area (Å²) in [4.78, 5) is 26.6. The molecule has 0 radical (unpaired) electrons. The standard InChI is InChI=1S/C28H28F6N2O2/c1-3-12-35-25(37)11-10-24(14-18-8-9-19-6-4-5-7-20(19)13-18)36(2)26(38)21-15-22(27(29,30)31)17-23(16-21)28(32,33)34/h4-9,13,15-17,24H,3,10-12,14H2,1-2H3,(H,35,37). The molecule has 3 rings (SSSR count). The minimum atomic E-state index is -5.07. The zero-order chi connectivity index (χ0) is 28.1. The van der Waals surface area contributed by atoms with Crippen LogP contribution in [-0.4, -0.2) is 36.3 Å². The topological polar surface area (TPSA) is 49.4 Å². The zero-order valence-electron chi connectivity index (χ0n) is 20.9. The maximum Gasteiger partial charge on any atom is 0.416 e. The lowest BCUT2D eigenvalue weighted by atomic mass is 9.97. The molecular weight excluding hydrogens is 510 g/mol. The molecule has 0 aromatic heterocycles. The average Bonchev–Trinajstić information content (AvgIpc) is 2.87. The average molecular weight is 539 g/mol. The van der Waals surface area contributed by atoms with Gasteiger partial charge in [0.2, 0.25) is 5.91 Å². The second-order valence-corrected chi connectivity index (χ2v) is 9.14. The van der Waals surface area contributed by atoms with Crippen LogP contribution in [0.3, 0.4) is 0 Å². The van der Waals surface area contributed by atoms with Gasteiger partial charge in [-0.15, -0.1) is 0 Å². The van der Waals surface area contributed by atoms with E-state index in [-0.39, 0.29) is 31.2 Å². The summed E-state index contributed by atoms with van der Waals surface area (Å²) in [5, 5.41) is 4.65. The van der Waals surface area contributed by atoms with Crippen LogP contribution in [0.15, 0.2) is 60.7 Å². The predicted molar refractivity (Wildman–Crippen MR) is 133 cm³/mol. The Morgan fingerprint density at radius 1 is 0.868 bits per heavy atom. The Balaban J connectivity index is 1.94. The number of halogens is 6. The summed E-state index contributed by atoms with van der Waals surface area (Å²) in [5.74, 6) is -1.25. The number of likely N-dealkylation sites (N-methyl/N-ethyl adjacent to an activating group) is 1. The summed E-state index contributed by atoms with van der Waals surface area (Å²) in [6.45, 7) is 2.35. The third-order valence-corrected chi connectivity index (χ3v) is 6.26. The first-order valence-electron chi connectivity index (χ1n) is 12.1. The van der Waals surface area contributed by atoms with Crippen molar-refractivity contribution in [1.29, 1.82) is 0 Å². The smallest absolute Gasteiger partial charge is 0.356 e. The molecular formula is C28H28F6N2O2. The van der Waals surface area contributed by atoms with Crippen LogP contribution in [-0.2, 0) is 23.6 Å². The maximum atomic E-state index is 13.3. The van der Waals surface area contributed by atoms with Gasteiger partial charge in [-0.25, -0.2) is 0 Å². The molecule has 10 heteroatoms. The van der Waals surface area contributed by atoms with E-state index in [1.54, 1.807) is 0 Å². The Morgan fingerprint density at radius 2 is 1.47 bits per heavy atom. The molecule has 1 N–H and O–H groups in total. The monoisotopic (exact) mass is 538 g/mol. The predicted octanol–water partition coefficient (Wildman–Crippen LogP) is 6.87. The third kappa shape index (κ3) is 7.49. The molecule has 1 unspecified atom stereocenters. The summed E-state index contributed by atoms with van der Waals surface area (Å²) in [6, 6.07) is 13.4. The Kier molecular flexibility index (Phi) is 9.06. The van der Waals surface area contributed by atoms with Crippen LogP contribution in [0.25, 0.3) is 10.8 Å². The molecule has 0 aliphatic carbocycles. The minimum Gasteiger partial charge on any atom is -0.356 e. The number of nitrogens with one attached hydrogen (secondary N) is 1. The number of fused-ring (bicyclic) bond motifs is 1. The Hall–Kier alpha value is -3.56. The normalized spacial score (nSPS) is 12.8. The van der Waals surface area contributed by atoms with Gasteiger partial charge >= 0.3 is 12.4 Å². The van der Waals surface area contributed by atoms with Crippen LogP contribution in [0.2, 0.25) is 0 Å². The van der Waals surface area contributed by atoms with E-state index in [4.69, 9.17) is 0 Å². The van der Waals surface area contributed by atoms with Gasteiger partial charge in [-0.3, -0.25) is 9.59 Å². The van der Waals surface area contributed by atoms with Gasteiger partial charge in [0.05, 0.1) is 11.1 Å². The van der Waals surface area contributed by atoms with Gasteiger partial charge in [-0.2, -0.15) is 26.3 Å². The molecule has 0 aliphatic rings. The number of hydrogen-bond donors (Lipinski definition) is 1. The molecule has 204 valence electrons. The highest BCUT2D eigenvalue weighted by Crippen LogP contribution is 2.36. The fourth-order valence-corrected chi connectivity index (χ4v) is 4.17. The van der Waals surface area contributed by atoms with E-state index in [2.05, 4.69) is 5.32 Å². The number of carbonyl (C=O) groups excluding carboxylic acids is 2. The first kappa shape index (κ1) is 29.0. The van der Waals surface area contributed by atoms with Crippen molar-refractivity contribution in [3.8, 4) is 0 Å². The second-order valence-electron chi connectivity index (χ2n) is 9.14. The van der Waals surface area contributed by atoms with Crippen LogP contribution in [0.1, 0.15) is 53.2 Å². The lowest BCUT2D eigenvalue weighted by Gasteiger charge is -2.29. The molecule has 0 bridgehead atoms. The summed E-state index contributed by atoms with van der Waals surface area (Å²) in [5.41, 5.74) is -3.04. The van der Waals surface area contributed by atoms with E-state index in [9.17, 15) is 35.9 Å². The fourth-order valence-electron chi connectivity index (χ4n) is 4.17. The Labute approximate surface area is 216 Å². The van der Waals surface area contributed by atoms with Gasteiger partial charge < -0.3 is 10.2 Å². The second kappa shape index (κ2) is 11.9. The lowest BCUT2D eigenvalue weighted by Crippen LogP contribution is -2.39. The first-order valence-corrected chi connectivity index (χ1v) is 12.1. The lowest BCUT2D eigenvalue weighted by molar-refractivity contribution is -0.143. The van der Waals surface area contributed by atoms with E-state index >= 15 is 0 Å². The van der Waals surface area contributed by atoms with Gasteiger partial charge in [0.1, 0.15) is 0 Å². The molecule has 38 heavy (non-hydrogen) atoms. The van der Waals surface area contributed by atoms with E-state index in [0.29, 0.717) is 18.7 Å². The number of alkyl halides is 6. The zero-order valence-corrected chi connectivity index (χ0v) is 20.9. The molecule has 0 aliphatic heterocycles. The van der Waals surface area contributed by atoms with Gasteiger partial charge in [0.15, 0.2) is 0 Å². The molecule has 0 saturated heterocycles. The molecule has 4 nitrogen and oxygen atoms in total. The highest BCUT2D eigenvalue weighted by atomic mass is 19.4. The molecule has 2 amide bonds. The van der Waals surface area contributed by atoms with E-state index in [1.165, 1.54) is 7.05 Å². The highest BCUT2D eigenvalue weighted by Gasteiger charge is 2.38. The van der Waals surface area contributed by atoms with Crippen molar-refractivity contribution < 1.29 is 35.9 Å². The van der Waals surface area contributed by atoms with Crippen molar-refractivity contribution in [2.75, 3.05) is 13.6 Å². The molecule has 3 aromatic carbocycles. The number of rotatable bonds is 9. The molecule has 1 atom stereocenters. The molecule has 0 saturated carbocycles. The van der Waals surface area contributed by atoms with Crippen molar-refractivity contribution in [3.05, 3.63) is 82.9 Å². The van der Waals surface area contributed by atoms with Crippen LogP contribution in [0.4, 0.5) is 26.3 Å². The Bertz CT molecular complexity index is 1250. The highest BCUT2D eigenvalue weighted by molar-refractivity contribution is 5.95. The molecule has 0 fully saturated rings. The first-order chi connectivity index (χ1) is 17.8. The summed E-state index contributed by atoms with van der Waals surface area (Å²) in [7, 11) is 1.32. The van der Waals surface area contributed by atoms with Crippen LogP contribution >= 0.6 is 0 Å². The van der Waals surface area contributed by atoms with E-state index in [0.717, 1.165) is 27.7 Å². The van der Waals surface area contributed by atoms with E-state index in [1.807, 2.05) is 49.4 Å². The number of benzene rings is 3. The Morgan fingerprint density at radius 3 is 2.05 bits per heavy atom. The largest absolute Gasteiger partial charge is 0.416 e. The van der Waals surface area contributed by atoms with Crippen molar-refractivity contribution in [1.82, 2.24) is 10.2 Å². The van der Waals surface area contributed by atoms with Gasteiger partial charge in [-0.1, -0.05) is 49.4 Å². The third-order valence-electron chi connectivity index (χ3n) is 6.26. The van der Waals surface area contributed by atoms with E-state index < -0.39 is 41.0 Å². The van der Waals surface area contributed by atoms with Gasteiger partial charge in [0.25, 0.3) is 5.91 Å².